The first-order valence-corrected chi connectivity index (χ1v) is 7.92. The lowest BCUT2D eigenvalue weighted by molar-refractivity contribution is -0.123. The van der Waals surface area contributed by atoms with E-state index in [9.17, 15) is 9.59 Å². The normalized spacial score (nSPS) is 13.4. The van der Waals surface area contributed by atoms with Gasteiger partial charge in [-0.3, -0.25) is 4.79 Å². The fourth-order valence-corrected chi connectivity index (χ4v) is 2.43. The molecule has 1 heterocycles. The minimum atomic E-state index is -0.571. The van der Waals surface area contributed by atoms with Crippen molar-refractivity contribution in [2.75, 3.05) is 0 Å². The second-order valence-corrected chi connectivity index (χ2v) is 6.40. The first kappa shape index (κ1) is 17.4. The molecule has 0 fully saturated rings. The van der Waals surface area contributed by atoms with E-state index in [-0.39, 0.29) is 18.0 Å². The molecular weight excluding hydrogens is 288 g/mol. The maximum absolute atomic E-state index is 11.8. The minimum Gasteiger partial charge on any atom is -0.352 e. The van der Waals surface area contributed by atoms with Crippen molar-refractivity contribution in [2.45, 2.75) is 59.7 Å². The van der Waals surface area contributed by atoms with E-state index in [1.165, 1.54) is 0 Å². The minimum absolute atomic E-state index is 0.103. The maximum Gasteiger partial charge on any atom is 0.315 e. The van der Waals surface area contributed by atoms with E-state index in [0.29, 0.717) is 6.54 Å². The Kier molecular flexibility index (Phi) is 6.61. The van der Waals surface area contributed by atoms with Crippen LogP contribution in [-0.2, 0) is 11.3 Å². The third-order valence-corrected chi connectivity index (χ3v) is 4.29. The van der Waals surface area contributed by atoms with Gasteiger partial charge in [0.05, 0.1) is 12.2 Å². The lowest BCUT2D eigenvalue weighted by atomic mass is 10.2. The lowest BCUT2D eigenvalue weighted by Gasteiger charge is -2.17. The molecule has 1 aromatic rings. The third-order valence-electron chi connectivity index (χ3n) is 3.21. The van der Waals surface area contributed by atoms with Gasteiger partial charge in [-0.25, -0.2) is 9.78 Å². The molecule has 118 valence electrons. The number of aryl methyl sites for hydroxylation is 2. The van der Waals surface area contributed by atoms with Gasteiger partial charge in [0, 0.05) is 10.9 Å². The molecule has 0 spiro atoms. The summed E-state index contributed by atoms with van der Waals surface area (Å²) in [6.45, 7) is 9.89. The van der Waals surface area contributed by atoms with Gasteiger partial charge >= 0.3 is 6.03 Å². The number of carbonyl (C=O) groups excluding carboxylic acids is 2. The van der Waals surface area contributed by atoms with Crippen molar-refractivity contribution >= 4 is 23.3 Å². The number of carbonyl (C=O) groups is 2. The molecule has 0 saturated heterocycles. The van der Waals surface area contributed by atoms with Gasteiger partial charge in [-0.15, -0.1) is 11.3 Å². The highest BCUT2D eigenvalue weighted by atomic mass is 32.1. The molecule has 3 N–H and O–H groups in total. The highest BCUT2D eigenvalue weighted by Crippen LogP contribution is 2.15. The van der Waals surface area contributed by atoms with E-state index in [0.717, 1.165) is 22.0 Å². The molecule has 0 aromatic carbocycles. The Balaban J connectivity index is 2.37. The van der Waals surface area contributed by atoms with Crippen molar-refractivity contribution in [1.82, 2.24) is 20.9 Å². The van der Waals surface area contributed by atoms with Crippen molar-refractivity contribution in [3.8, 4) is 0 Å². The fraction of sp³-hybridized carbons (Fsp3) is 0.643. The Morgan fingerprint density at radius 1 is 1.24 bits per heavy atom. The van der Waals surface area contributed by atoms with E-state index >= 15 is 0 Å². The molecule has 1 aromatic heterocycles. The highest BCUT2D eigenvalue weighted by molar-refractivity contribution is 7.11. The molecule has 0 radical (unpaired) electrons. The third kappa shape index (κ3) is 5.71. The summed E-state index contributed by atoms with van der Waals surface area (Å²) in [5.74, 6) is -0.180. The maximum atomic E-state index is 11.8. The number of nitrogens with one attached hydrogen (secondary N) is 3. The number of amides is 3. The Morgan fingerprint density at radius 2 is 1.90 bits per heavy atom. The van der Waals surface area contributed by atoms with Gasteiger partial charge in [0.15, 0.2) is 0 Å². The average Bonchev–Trinajstić information content (AvgIpc) is 2.75. The number of aromatic nitrogens is 1. The van der Waals surface area contributed by atoms with Crippen molar-refractivity contribution in [3.05, 3.63) is 15.6 Å². The van der Waals surface area contributed by atoms with Crippen molar-refractivity contribution in [2.24, 2.45) is 0 Å². The Morgan fingerprint density at radius 3 is 2.43 bits per heavy atom. The summed E-state index contributed by atoms with van der Waals surface area (Å²) in [6.07, 6.45) is 0.855. The monoisotopic (exact) mass is 312 g/mol. The van der Waals surface area contributed by atoms with Gasteiger partial charge in [-0.1, -0.05) is 6.92 Å². The molecule has 2 atom stereocenters. The highest BCUT2D eigenvalue weighted by Gasteiger charge is 2.16. The van der Waals surface area contributed by atoms with Crippen LogP contribution in [0.2, 0.25) is 0 Å². The molecule has 3 amide bonds. The predicted molar refractivity (Wildman–Crippen MR) is 84.3 cm³/mol. The molecule has 0 saturated carbocycles. The molecule has 0 aliphatic rings. The molecule has 0 unspecified atom stereocenters. The zero-order valence-corrected chi connectivity index (χ0v) is 14.1. The van der Waals surface area contributed by atoms with Crippen LogP contribution in [0.3, 0.4) is 0 Å². The largest absolute Gasteiger partial charge is 0.352 e. The number of thiazole rings is 1. The van der Waals surface area contributed by atoms with Gasteiger partial charge in [0.25, 0.3) is 0 Å². The van der Waals surface area contributed by atoms with Crippen LogP contribution >= 0.6 is 11.3 Å². The van der Waals surface area contributed by atoms with Crippen molar-refractivity contribution < 1.29 is 9.59 Å². The molecule has 0 aliphatic heterocycles. The van der Waals surface area contributed by atoms with Crippen LogP contribution in [0.25, 0.3) is 0 Å². The second kappa shape index (κ2) is 7.97. The summed E-state index contributed by atoms with van der Waals surface area (Å²) in [4.78, 5) is 29.0. The van der Waals surface area contributed by atoms with Crippen LogP contribution in [-0.4, -0.2) is 29.0 Å². The number of hydrogen-bond acceptors (Lipinski definition) is 4. The van der Waals surface area contributed by atoms with Crippen LogP contribution in [0.5, 0.6) is 0 Å². The standard InChI is InChI=1S/C14H24N4O2S/c1-6-8(2)16-13(19)10(4)18-14(20)15-7-12-17-9(3)11(5)21-12/h8,10H,6-7H2,1-5H3,(H,16,19)(H2,15,18,20)/t8-,10-/m1/s1. The van der Waals surface area contributed by atoms with Crippen LogP contribution in [0.4, 0.5) is 4.79 Å². The van der Waals surface area contributed by atoms with E-state index in [1.54, 1.807) is 18.3 Å². The molecular formula is C14H24N4O2S. The van der Waals surface area contributed by atoms with Crippen LogP contribution in [0.1, 0.15) is 42.8 Å². The van der Waals surface area contributed by atoms with Gasteiger partial charge in [0.2, 0.25) is 5.91 Å². The number of urea groups is 1. The van der Waals surface area contributed by atoms with Gasteiger partial charge in [0.1, 0.15) is 11.0 Å². The zero-order valence-electron chi connectivity index (χ0n) is 13.2. The molecule has 0 bridgehead atoms. The van der Waals surface area contributed by atoms with Crippen LogP contribution in [0, 0.1) is 13.8 Å². The molecule has 21 heavy (non-hydrogen) atoms. The Hall–Kier alpha value is -1.63. The quantitative estimate of drug-likeness (QED) is 0.750. The molecule has 1 rings (SSSR count). The second-order valence-electron chi connectivity index (χ2n) is 5.12. The SMILES string of the molecule is CC[C@@H](C)NC(=O)[C@@H](C)NC(=O)NCc1nc(C)c(C)s1. The van der Waals surface area contributed by atoms with Gasteiger partial charge in [-0.2, -0.15) is 0 Å². The van der Waals surface area contributed by atoms with Gasteiger partial charge < -0.3 is 16.0 Å². The number of nitrogens with zero attached hydrogens (tertiary/aromatic N) is 1. The average molecular weight is 312 g/mol. The van der Waals surface area contributed by atoms with Crippen molar-refractivity contribution in [1.29, 1.82) is 0 Å². The lowest BCUT2D eigenvalue weighted by Crippen LogP contribution is -2.49. The summed E-state index contributed by atoms with van der Waals surface area (Å²) >= 11 is 1.56. The summed E-state index contributed by atoms with van der Waals surface area (Å²) in [6, 6.07) is -0.836. The van der Waals surface area contributed by atoms with E-state index in [4.69, 9.17) is 0 Å². The summed E-state index contributed by atoms with van der Waals surface area (Å²) in [5, 5.41) is 9.01. The summed E-state index contributed by atoms with van der Waals surface area (Å²) < 4.78 is 0. The molecule has 6 nitrogen and oxygen atoms in total. The summed E-state index contributed by atoms with van der Waals surface area (Å²) in [7, 11) is 0. The Labute approximate surface area is 129 Å². The number of rotatable bonds is 6. The fourth-order valence-electron chi connectivity index (χ4n) is 1.55. The smallest absolute Gasteiger partial charge is 0.315 e. The van der Waals surface area contributed by atoms with E-state index in [1.807, 2.05) is 27.7 Å². The Bertz CT molecular complexity index is 482. The first-order valence-electron chi connectivity index (χ1n) is 7.11. The molecule has 0 aliphatic carbocycles. The van der Waals surface area contributed by atoms with E-state index in [2.05, 4.69) is 20.9 Å². The van der Waals surface area contributed by atoms with E-state index < -0.39 is 6.04 Å². The van der Waals surface area contributed by atoms with Crippen molar-refractivity contribution in [3.63, 3.8) is 0 Å². The first-order chi connectivity index (χ1) is 9.83. The zero-order chi connectivity index (χ0) is 16.0. The van der Waals surface area contributed by atoms with Crippen LogP contribution < -0.4 is 16.0 Å². The van der Waals surface area contributed by atoms with Gasteiger partial charge in [-0.05, 0) is 34.1 Å². The topological polar surface area (TPSA) is 83.1 Å². The molecule has 7 heteroatoms. The van der Waals surface area contributed by atoms with Crippen LogP contribution in [0.15, 0.2) is 0 Å². The summed E-state index contributed by atoms with van der Waals surface area (Å²) in [5.41, 5.74) is 0.985. The number of hydrogen-bond donors (Lipinski definition) is 3. The predicted octanol–water partition coefficient (Wildman–Crippen LogP) is 1.86.